The van der Waals surface area contributed by atoms with Gasteiger partial charge in [-0.2, -0.15) is 0 Å². The van der Waals surface area contributed by atoms with Crippen LogP contribution in [0.25, 0.3) is 0 Å². The van der Waals surface area contributed by atoms with Crippen molar-refractivity contribution in [3.8, 4) is 0 Å². The minimum atomic E-state index is -0.900. The fourth-order valence-corrected chi connectivity index (χ4v) is 0.855. The standard InChI is InChI=1S/C8H9FO/c1-6(10)7-2-4-8(9)5-3-7/h2-4,8H,5H2,1H3. The Morgan fingerprint density at radius 2 is 2.50 bits per heavy atom. The molecular formula is C8H9FO. The van der Waals surface area contributed by atoms with E-state index in [1.165, 1.54) is 19.1 Å². The third kappa shape index (κ3) is 1.53. The van der Waals surface area contributed by atoms with E-state index in [1.807, 2.05) is 0 Å². The van der Waals surface area contributed by atoms with E-state index < -0.39 is 6.17 Å². The van der Waals surface area contributed by atoms with E-state index in [2.05, 4.69) is 0 Å². The summed E-state index contributed by atoms with van der Waals surface area (Å²) in [7, 11) is 0. The van der Waals surface area contributed by atoms with Crippen LogP contribution in [-0.4, -0.2) is 12.0 Å². The predicted molar refractivity (Wildman–Crippen MR) is 37.4 cm³/mol. The van der Waals surface area contributed by atoms with Gasteiger partial charge in [0.25, 0.3) is 0 Å². The van der Waals surface area contributed by atoms with Crippen molar-refractivity contribution < 1.29 is 9.18 Å². The molecule has 1 atom stereocenters. The average molecular weight is 140 g/mol. The summed E-state index contributed by atoms with van der Waals surface area (Å²) >= 11 is 0. The summed E-state index contributed by atoms with van der Waals surface area (Å²) in [6.07, 6.45) is 4.02. The van der Waals surface area contributed by atoms with Crippen molar-refractivity contribution >= 4 is 5.78 Å². The lowest BCUT2D eigenvalue weighted by Crippen LogP contribution is -2.03. The average Bonchev–Trinajstić information content (AvgIpc) is 1.88. The van der Waals surface area contributed by atoms with Crippen molar-refractivity contribution in [2.24, 2.45) is 0 Å². The Hall–Kier alpha value is -0.920. The molecule has 1 rings (SSSR count). The SMILES string of the molecule is CC(=O)C1=CCC(F)C=C1. The first-order valence-electron chi connectivity index (χ1n) is 3.23. The van der Waals surface area contributed by atoms with Crippen LogP contribution in [0.2, 0.25) is 0 Å². The molecule has 0 aromatic heterocycles. The number of allylic oxidation sites excluding steroid dienone is 4. The van der Waals surface area contributed by atoms with E-state index in [9.17, 15) is 9.18 Å². The molecule has 10 heavy (non-hydrogen) atoms. The molecule has 1 aliphatic carbocycles. The van der Waals surface area contributed by atoms with Gasteiger partial charge in [0.05, 0.1) is 0 Å². The third-order valence-corrected chi connectivity index (χ3v) is 1.45. The summed E-state index contributed by atoms with van der Waals surface area (Å²) in [5.74, 6) is 0.00292. The Kier molecular flexibility index (Phi) is 2.00. The zero-order valence-electron chi connectivity index (χ0n) is 5.80. The molecule has 0 aromatic carbocycles. The molecule has 0 fully saturated rings. The van der Waals surface area contributed by atoms with Gasteiger partial charge in [-0.1, -0.05) is 12.2 Å². The molecule has 0 N–H and O–H groups in total. The quantitative estimate of drug-likeness (QED) is 0.542. The molecule has 0 saturated heterocycles. The third-order valence-electron chi connectivity index (χ3n) is 1.45. The molecule has 0 bridgehead atoms. The zero-order chi connectivity index (χ0) is 7.56. The Balaban J connectivity index is 2.67. The van der Waals surface area contributed by atoms with Gasteiger partial charge in [-0.3, -0.25) is 4.79 Å². The Bertz CT molecular complexity index is 203. The predicted octanol–water partition coefficient (Wildman–Crippen LogP) is 1.80. The molecule has 0 radical (unpaired) electrons. The smallest absolute Gasteiger partial charge is 0.159 e. The first-order valence-corrected chi connectivity index (χ1v) is 3.23. The van der Waals surface area contributed by atoms with E-state index in [0.29, 0.717) is 12.0 Å². The Morgan fingerprint density at radius 1 is 1.80 bits per heavy atom. The summed E-state index contributed by atoms with van der Waals surface area (Å²) in [6, 6.07) is 0. The molecule has 0 aromatic rings. The second-order valence-electron chi connectivity index (χ2n) is 2.33. The number of hydrogen-bond donors (Lipinski definition) is 0. The van der Waals surface area contributed by atoms with Crippen molar-refractivity contribution in [1.29, 1.82) is 0 Å². The molecule has 0 aliphatic heterocycles. The van der Waals surface area contributed by atoms with Crippen LogP contribution in [0.1, 0.15) is 13.3 Å². The molecule has 1 nitrogen and oxygen atoms in total. The van der Waals surface area contributed by atoms with E-state index >= 15 is 0 Å². The molecule has 0 amide bonds. The van der Waals surface area contributed by atoms with Gasteiger partial charge in [0.1, 0.15) is 6.17 Å². The summed E-state index contributed by atoms with van der Waals surface area (Å²) in [6.45, 7) is 1.48. The maximum absolute atomic E-state index is 12.4. The Labute approximate surface area is 59.2 Å². The van der Waals surface area contributed by atoms with Crippen molar-refractivity contribution in [2.75, 3.05) is 0 Å². The molecule has 2 heteroatoms. The van der Waals surface area contributed by atoms with Gasteiger partial charge in [0.15, 0.2) is 5.78 Å². The van der Waals surface area contributed by atoms with Crippen LogP contribution < -0.4 is 0 Å². The van der Waals surface area contributed by atoms with Gasteiger partial charge in [-0.25, -0.2) is 4.39 Å². The zero-order valence-corrected chi connectivity index (χ0v) is 5.80. The molecular weight excluding hydrogens is 131 g/mol. The maximum atomic E-state index is 12.4. The van der Waals surface area contributed by atoms with Gasteiger partial charge >= 0.3 is 0 Å². The van der Waals surface area contributed by atoms with Gasteiger partial charge < -0.3 is 0 Å². The van der Waals surface area contributed by atoms with Crippen LogP contribution >= 0.6 is 0 Å². The summed E-state index contributed by atoms with van der Waals surface area (Å²) in [4.78, 5) is 10.7. The number of ketones is 1. The molecule has 1 unspecified atom stereocenters. The van der Waals surface area contributed by atoms with Crippen molar-refractivity contribution in [1.82, 2.24) is 0 Å². The van der Waals surface area contributed by atoms with Crippen LogP contribution in [0.4, 0.5) is 4.39 Å². The fourth-order valence-electron chi connectivity index (χ4n) is 0.855. The topological polar surface area (TPSA) is 17.1 Å². The second-order valence-corrected chi connectivity index (χ2v) is 2.33. The van der Waals surface area contributed by atoms with E-state index in [4.69, 9.17) is 0 Å². The number of halogens is 1. The van der Waals surface area contributed by atoms with Crippen molar-refractivity contribution in [3.05, 3.63) is 23.8 Å². The largest absolute Gasteiger partial charge is 0.295 e. The summed E-state index contributed by atoms with van der Waals surface area (Å²) in [5, 5.41) is 0. The highest BCUT2D eigenvalue weighted by Crippen LogP contribution is 2.13. The van der Waals surface area contributed by atoms with Gasteiger partial charge in [0, 0.05) is 12.0 Å². The van der Waals surface area contributed by atoms with Crippen LogP contribution in [0.15, 0.2) is 23.8 Å². The highest BCUT2D eigenvalue weighted by molar-refractivity contribution is 5.96. The minimum Gasteiger partial charge on any atom is -0.295 e. The number of rotatable bonds is 1. The van der Waals surface area contributed by atoms with E-state index in [1.54, 1.807) is 6.08 Å². The van der Waals surface area contributed by atoms with E-state index in [0.717, 1.165) is 0 Å². The number of carbonyl (C=O) groups excluding carboxylic acids is 1. The van der Waals surface area contributed by atoms with Gasteiger partial charge in [-0.05, 0) is 13.0 Å². The van der Waals surface area contributed by atoms with Crippen molar-refractivity contribution in [2.45, 2.75) is 19.5 Å². The lowest BCUT2D eigenvalue weighted by molar-refractivity contribution is -0.113. The van der Waals surface area contributed by atoms with Crippen LogP contribution in [0.3, 0.4) is 0 Å². The molecule has 54 valence electrons. The fraction of sp³-hybridized carbons (Fsp3) is 0.375. The number of alkyl halides is 1. The van der Waals surface area contributed by atoms with Gasteiger partial charge in [-0.15, -0.1) is 0 Å². The highest BCUT2D eigenvalue weighted by Gasteiger charge is 2.08. The van der Waals surface area contributed by atoms with E-state index in [-0.39, 0.29) is 5.78 Å². The van der Waals surface area contributed by atoms with Gasteiger partial charge in [0.2, 0.25) is 0 Å². The molecule has 1 aliphatic rings. The monoisotopic (exact) mass is 140 g/mol. The van der Waals surface area contributed by atoms with Crippen molar-refractivity contribution in [3.63, 3.8) is 0 Å². The number of hydrogen-bond acceptors (Lipinski definition) is 1. The summed E-state index contributed by atoms with van der Waals surface area (Å²) in [5.41, 5.74) is 0.619. The molecule has 0 heterocycles. The highest BCUT2D eigenvalue weighted by atomic mass is 19.1. The Morgan fingerprint density at radius 3 is 2.90 bits per heavy atom. The second kappa shape index (κ2) is 2.78. The van der Waals surface area contributed by atoms with Crippen LogP contribution in [-0.2, 0) is 4.79 Å². The van der Waals surface area contributed by atoms with Crippen LogP contribution in [0.5, 0.6) is 0 Å². The molecule has 0 spiro atoms. The molecule has 0 saturated carbocycles. The minimum absolute atomic E-state index is 0.00292. The first kappa shape index (κ1) is 7.19. The van der Waals surface area contributed by atoms with Crippen LogP contribution in [0, 0.1) is 0 Å². The normalized spacial score (nSPS) is 24.2. The maximum Gasteiger partial charge on any atom is 0.159 e. The number of Topliss-reactive ketones (excluding diaryl/α,β-unsaturated/α-hetero) is 1. The number of carbonyl (C=O) groups is 1. The lowest BCUT2D eigenvalue weighted by atomic mass is 10.0. The first-order chi connectivity index (χ1) is 4.70. The summed E-state index contributed by atoms with van der Waals surface area (Å²) < 4.78 is 12.4. The lowest BCUT2D eigenvalue weighted by Gasteiger charge is -2.05.